The van der Waals surface area contributed by atoms with Crippen molar-refractivity contribution in [3.63, 3.8) is 0 Å². The summed E-state index contributed by atoms with van der Waals surface area (Å²) in [5.41, 5.74) is -2.34. The second-order valence-electron chi connectivity index (χ2n) is 12.2. The Morgan fingerprint density at radius 3 is 1.42 bits per heavy atom. The summed E-state index contributed by atoms with van der Waals surface area (Å²) in [4.78, 5) is 24.0. The zero-order valence-corrected chi connectivity index (χ0v) is 27.0. The highest BCUT2D eigenvalue weighted by atomic mass is 16.7. The molecule has 9 heteroatoms. The van der Waals surface area contributed by atoms with Crippen molar-refractivity contribution >= 4 is 12.3 Å². The Hall–Kier alpha value is -1.58. The van der Waals surface area contributed by atoms with Crippen molar-refractivity contribution in [1.29, 1.82) is 0 Å². The SMILES string of the molecule is CCC(C)C(C)(C)OC(=O)OCCOCCOC(=O)OC(C)(C)C(C)(CC)C(C)(C)OC.COC(C)(C)C. The standard InChI is InChI=1S/C24H46O8.C5H12O/c1-12-18(3)21(4,5)31-19(25)29-16-14-28-15-17-30-20(26)32-23(8,9)24(10,13-2)22(6,7)27-11;1-5(2,3)6-4/h18H,12-17H2,1-11H3;1-4H3. The first-order valence-corrected chi connectivity index (χ1v) is 13.6. The van der Waals surface area contributed by atoms with Gasteiger partial charge in [0.15, 0.2) is 0 Å². The predicted octanol–water partition coefficient (Wildman–Crippen LogP) is 7.19. The summed E-state index contributed by atoms with van der Waals surface area (Å²) in [6.07, 6.45) is 0.148. The molecular formula is C29H58O9. The molecule has 228 valence electrons. The minimum absolute atomic E-state index is 0.0247. The average molecular weight is 551 g/mol. The van der Waals surface area contributed by atoms with Gasteiger partial charge in [0.25, 0.3) is 0 Å². The predicted molar refractivity (Wildman–Crippen MR) is 150 cm³/mol. The highest BCUT2D eigenvalue weighted by Crippen LogP contribution is 2.47. The topological polar surface area (TPSA) is 98.8 Å². The Morgan fingerprint density at radius 1 is 0.658 bits per heavy atom. The monoisotopic (exact) mass is 550 g/mol. The van der Waals surface area contributed by atoms with Gasteiger partial charge in [0.05, 0.1) is 24.4 Å². The second kappa shape index (κ2) is 16.5. The van der Waals surface area contributed by atoms with E-state index in [0.29, 0.717) is 0 Å². The molecule has 0 bridgehead atoms. The molecule has 0 N–H and O–H groups in total. The lowest BCUT2D eigenvalue weighted by Gasteiger charge is -2.51. The lowest BCUT2D eigenvalue weighted by Crippen LogP contribution is -2.57. The van der Waals surface area contributed by atoms with E-state index in [0.717, 1.165) is 12.8 Å². The number of hydrogen-bond acceptors (Lipinski definition) is 9. The van der Waals surface area contributed by atoms with Gasteiger partial charge in [-0.1, -0.05) is 27.7 Å². The fraction of sp³-hybridized carbons (Fsp3) is 0.931. The van der Waals surface area contributed by atoms with Crippen LogP contribution in [0.2, 0.25) is 0 Å². The molecule has 0 aromatic rings. The maximum atomic E-state index is 12.2. The van der Waals surface area contributed by atoms with Gasteiger partial charge in [-0.15, -0.1) is 0 Å². The zero-order valence-electron chi connectivity index (χ0n) is 27.0. The summed E-state index contributed by atoms with van der Waals surface area (Å²) < 4.78 is 37.1. The molecule has 2 atom stereocenters. The highest BCUT2D eigenvalue weighted by molar-refractivity contribution is 5.61. The molecule has 0 radical (unpaired) electrons. The minimum Gasteiger partial charge on any atom is -0.432 e. The smallest absolute Gasteiger partial charge is 0.432 e. The summed E-state index contributed by atoms with van der Waals surface area (Å²) in [6.45, 7) is 26.0. The lowest BCUT2D eigenvalue weighted by atomic mass is 9.63. The van der Waals surface area contributed by atoms with Crippen LogP contribution in [0.25, 0.3) is 0 Å². The van der Waals surface area contributed by atoms with Gasteiger partial charge in [-0.3, -0.25) is 0 Å². The summed E-state index contributed by atoms with van der Waals surface area (Å²) in [5, 5.41) is 0. The van der Waals surface area contributed by atoms with Crippen LogP contribution in [0.15, 0.2) is 0 Å². The van der Waals surface area contributed by atoms with Crippen LogP contribution in [-0.2, 0) is 33.2 Å². The molecular weight excluding hydrogens is 492 g/mol. The number of methoxy groups -OCH3 is 2. The molecule has 0 aromatic carbocycles. The van der Waals surface area contributed by atoms with Crippen molar-refractivity contribution in [3.05, 3.63) is 0 Å². The quantitative estimate of drug-likeness (QED) is 0.164. The van der Waals surface area contributed by atoms with Crippen molar-refractivity contribution in [1.82, 2.24) is 0 Å². The maximum absolute atomic E-state index is 12.2. The summed E-state index contributed by atoms with van der Waals surface area (Å²) in [6, 6.07) is 0. The molecule has 0 rings (SSSR count). The summed E-state index contributed by atoms with van der Waals surface area (Å²) >= 11 is 0. The second-order valence-corrected chi connectivity index (χ2v) is 12.2. The van der Waals surface area contributed by atoms with Crippen molar-refractivity contribution in [2.75, 3.05) is 40.6 Å². The summed E-state index contributed by atoms with van der Waals surface area (Å²) in [5.74, 6) is 0.212. The van der Waals surface area contributed by atoms with E-state index in [9.17, 15) is 9.59 Å². The molecule has 0 amide bonds. The molecule has 9 nitrogen and oxygen atoms in total. The molecule has 38 heavy (non-hydrogen) atoms. The van der Waals surface area contributed by atoms with Crippen LogP contribution in [0, 0.1) is 11.3 Å². The van der Waals surface area contributed by atoms with E-state index in [1.54, 1.807) is 14.2 Å². The fourth-order valence-corrected chi connectivity index (χ4v) is 3.46. The van der Waals surface area contributed by atoms with Gasteiger partial charge in [0.1, 0.15) is 24.4 Å². The van der Waals surface area contributed by atoms with E-state index >= 15 is 0 Å². The molecule has 0 saturated heterocycles. The molecule has 0 saturated carbocycles. The number of hydrogen-bond donors (Lipinski definition) is 0. The summed E-state index contributed by atoms with van der Waals surface area (Å²) in [7, 11) is 3.36. The maximum Gasteiger partial charge on any atom is 0.508 e. The molecule has 0 spiro atoms. The molecule has 2 unspecified atom stereocenters. The third kappa shape index (κ3) is 13.5. The number of ether oxygens (including phenoxy) is 7. The highest BCUT2D eigenvalue weighted by Gasteiger charge is 2.53. The van der Waals surface area contributed by atoms with Gasteiger partial charge in [-0.05, 0) is 81.1 Å². The Kier molecular flexibility index (Phi) is 16.8. The van der Waals surface area contributed by atoms with Gasteiger partial charge in [0, 0.05) is 19.6 Å². The van der Waals surface area contributed by atoms with Crippen LogP contribution in [0.1, 0.15) is 103 Å². The van der Waals surface area contributed by atoms with Crippen molar-refractivity contribution in [2.45, 2.75) is 125 Å². The normalized spacial score (nSPS) is 14.9. The number of carbonyl (C=O) groups is 2. The van der Waals surface area contributed by atoms with E-state index in [2.05, 4.69) is 0 Å². The first-order chi connectivity index (χ1) is 17.2. The molecule has 0 aliphatic carbocycles. The Morgan fingerprint density at radius 2 is 1.08 bits per heavy atom. The van der Waals surface area contributed by atoms with Crippen LogP contribution >= 0.6 is 0 Å². The van der Waals surface area contributed by atoms with Crippen LogP contribution in [0.5, 0.6) is 0 Å². The van der Waals surface area contributed by atoms with Crippen molar-refractivity contribution < 1.29 is 42.7 Å². The fourth-order valence-electron chi connectivity index (χ4n) is 3.46. The zero-order chi connectivity index (χ0) is 30.4. The first kappa shape index (κ1) is 38.6. The number of rotatable bonds is 14. The van der Waals surface area contributed by atoms with Crippen LogP contribution in [-0.4, -0.2) is 75.4 Å². The third-order valence-electron chi connectivity index (χ3n) is 7.87. The van der Waals surface area contributed by atoms with Gasteiger partial charge in [-0.2, -0.15) is 0 Å². The first-order valence-electron chi connectivity index (χ1n) is 13.6. The Bertz CT molecular complexity index is 680. The van der Waals surface area contributed by atoms with Crippen LogP contribution < -0.4 is 0 Å². The van der Waals surface area contributed by atoms with Gasteiger partial charge in [0.2, 0.25) is 0 Å². The van der Waals surface area contributed by atoms with Crippen molar-refractivity contribution in [3.8, 4) is 0 Å². The Labute approximate surface area is 232 Å². The number of carbonyl (C=O) groups excluding carboxylic acids is 2. The van der Waals surface area contributed by atoms with E-state index in [4.69, 9.17) is 33.2 Å². The van der Waals surface area contributed by atoms with Crippen LogP contribution in [0.3, 0.4) is 0 Å². The van der Waals surface area contributed by atoms with Gasteiger partial charge < -0.3 is 33.2 Å². The lowest BCUT2D eigenvalue weighted by molar-refractivity contribution is -0.181. The van der Waals surface area contributed by atoms with E-state index in [1.807, 2.05) is 90.0 Å². The van der Waals surface area contributed by atoms with E-state index in [1.165, 1.54) is 0 Å². The van der Waals surface area contributed by atoms with Gasteiger partial charge in [-0.25, -0.2) is 9.59 Å². The molecule has 0 aliphatic rings. The van der Waals surface area contributed by atoms with E-state index in [-0.39, 0.29) is 37.9 Å². The molecule has 0 heterocycles. The minimum atomic E-state index is -0.823. The van der Waals surface area contributed by atoms with Gasteiger partial charge >= 0.3 is 12.3 Å². The Balaban J connectivity index is 0. The van der Waals surface area contributed by atoms with E-state index < -0.39 is 34.5 Å². The van der Waals surface area contributed by atoms with Crippen molar-refractivity contribution in [2.24, 2.45) is 11.3 Å². The average Bonchev–Trinajstić information content (AvgIpc) is 2.81. The van der Waals surface area contributed by atoms with Crippen LogP contribution in [0.4, 0.5) is 9.59 Å². The molecule has 0 aliphatic heterocycles. The molecule has 0 aromatic heterocycles. The third-order valence-corrected chi connectivity index (χ3v) is 7.87. The largest absolute Gasteiger partial charge is 0.508 e. The molecule has 0 fully saturated rings.